The monoisotopic (exact) mass is 258 g/mol. The van der Waals surface area contributed by atoms with Crippen LogP contribution >= 0.6 is 12.4 Å². The van der Waals surface area contributed by atoms with Crippen molar-refractivity contribution in [2.24, 2.45) is 5.73 Å². The van der Waals surface area contributed by atoms with E-state index < -0.39 is 6.04 Å². The van der Waals surface area contributed by atoms with Crippen LogP contribution in [0.25, 0.3) is 0 Å². The van der Waals surface area contributed by atoms with Gasteiger partial charge in [0.2, 0.25) is 5.91 Å². The first-order chi connectivity index (χ1) is 7.68. The number of para-hydroxylation sites is 1. The Kier molecular flexibility index (Phi) is 4.60. The van der Waals surface area contributed by atoms with Gasteiger partial charge >= 0.3 is 0 Å². The van der Waals surface area contributed by atoms with E-state index in [1.165, 1.54) is 0 Å². The van der Waals surface area contributed by atoms with E-state index in [4.69, 9.17) is 15.2 Å². The molecule has 1 aromatic rings. The third-order valence-corrected chi connectivity index (χ3v) is 2.24. The molecule has 5 nitrogen and oxygen atoms in total. The fourth-order valence-corrected chi connectivity index (χ4v) is 1.42. The zero-order valence-electron chi connectivity index (χ0n) is 9.43. The molecule has 6 heteroatoms. The number of hydrogen-bond acceptors (Lipinski definition) is 4. The first-order valence-electron chi connectivity index (χ1n) is 5.13. The second-order valence-electron chi connectivity index (χ2n) is 3.61. The van der Waals surface area contributed by atoms with Gasteiger partial charge in [0.1, 0.15) is 13.2 Å². The molecule has 0 radical (unpaired) electrons. The number of fused-ring (bicyclic) bond motifs is 1. The quantitative estimate of drug-likeness (QED) is 0.835. The highest BCUT2D eigenvalue weighted by molar-refractivity contribution is 5.96. The van der Waals surface area contributed by atoms with Gasteiger partial charge in [-0.2, -0.15) is 0 Å². The van der Waals surface area contributed by atoms with E-state index in [9.17, 15) is 4.79 Å². The Hall–Kier alpha value is -1.46. The van der Waals surface area contributed by atoms with E-state index in [1.807, 2.05) is 0 Å². The smallest absolute Gasteiger partial charge is 0.241 e. The maximum atomic E-state index is 11.5. The van der Waals surface area contributed by atoms with E-state index >= 15 is 0 Å². The summed E-state index contributed by atoms with van der Waals surface area (Å²) in [5.41, 5.74) is 6.07. The minimum atomic E-state index is -0.555. The van der Waals surface area contributed by atoms with E-state index in [0.29, 0.717) is 30.4 Å². The van der Waals surface area contributed by atoms with Gasteiger partial charge in [0.05, 0.1) is 11.7 Å². The van der Waals surface area contributed by atoms with E-state index in [-0.39, 0.29) is 18.3 Å². The van der Waals surface area contributed by atoms with Gasteiger partial charge in [0.25, 0.3) is 0 Å². The molecular formula is C11H15ClN2O3. The molecular weight excluding hydrogens is 244 g/mol. The largest absolute Gasteiger partial charge is 0.486 e. The maximum absolute atomic E-state index is 11.5. The summed E-state index contributed by atoms with van der Waals surface area (Å²) in [5, 5.41) is 2.70. The molecule has 0 aromatic heterocycles. The van der Waals surface area contributed by atoms with Crippen LogP contribution in [0.15, 0.2) is 18.2 Å². The van der Waals surface area contributed by atoms with Crippen LogP contribution in [0.2, 0.25) is 0 Å². The van der Waals surface area contributed by atoms with Crippen LogP contribution in [0.3, 0.4) is 0 Å². The second-order valence-corrected chi connectivity index (χ2v) is 3.61. The number of carbonyl (C=O) groups excluding carboxylic acids is 1. The molecule has 0 spiro atoms. The molecule has 0 aliphatic carbocycles. The summed E-state index contributed by atoms with van der Waals surface area (Å²) in [7, 11) is 0. The summed E-state index contributed by atoms with van der Waals surface area (Å²) in [6.45, 7) is 2.64. The predicted molar refractivity (Wildman–Crippen MR) is 67.0 cm³/mol. The zero-order chi connectivity index (χ0) is 11.5. The SMILES string of the molecule is C[C@@H](N)C(=O)Nc1cccc2c1OCCO2.Cl. The lowest BCUT2D eigenvalue weighted by molar-refractivity contribution is -0.117. The van der Waals surface area contributed by atoms with Gasteiger partial charge in [-0.25, -0.2) is 0 Å². The van der Waals surface area contributed by atoms with Crippen LogP contribution in [0.4, 0.5) is 5.69 Å². The van der Waals surface area contributed by atoms with Gasteiger partial charge in [-0.15, -0.1) is 12.4 Å². The van der Waals surface area contributed by atoms with Gasteiger partial charge in [-0.1, -0.05) is 6.07 Å². The Morgan fingerprint density at radius 2 is 2.12 bits per heavy atom. The number of benzene rings is 1. The molecule has 3 N–H and O–H groups in total. The number of carbonyl (C=O) groups is 1. The Bertz CT molecular complexity index is 410. The number of amides is 1. The Morgan fingerprint density at radius 1 is 1.41 bits per heavy atom. The van der Waals surface area contributed by atoms with Crippen molar-refractivity contribution in [1.82, 2.24) is 0 Å². The highest BCUT2D eigenvalue weighted by atomic mass is 35.5. The molecule has 0 bridgehead atoms. The third-order valence-electron chi connectivity index (χ3n) is 2.24. The normalized spacial score (nSPS) is 14.5. The number of nitrogens with one attached hydrogen (secondary N) is 1. The molecule has 1 aliphatic rings. The van der Waals surface area contributed by atoms with Crippen molar-refractivity contribution < 1.29 is 14.3 Å². The molecule has 0 fully saturated rings. The lowest BCUT2D eigenvalue weighted by Crippen LogP contribution is -2.32. The zero-order valence-corrected chi connectivity index (χ0v) is 10.3. The fraction of sp³-hybridized carbons (Fsp3) is 0.364. The van der Waals surface area contributed by atoms with E-state index in [2.05, 4.69) is 5.32 Å². The minimum Gasteiger partial charge on any atom is -0.486 e. The van der Waals surface area contributed by atoms with Gasteiger partial charge in [0.15, 0.2) is 11.5 Å². The topological polar surface area (TPSA) is 73.6 Å². The molecule has 0 unspecified atom stereocenters. The molecule has 2 rings (SSSR count). The van der Waals surface area contributed by atoms with Crippen LogP contribution in [0, 0.1) is 0 Å². The Labute approximate surface area is 106 Å². The second kappa shape index (κ2) is 5.75. The lowest BCUT2D eigenvalue weighted by atomic mass is 10.2. The van der Waals surface area contributed by atoms with Gasteiger partial charge in [-0.05, 0) is 19.1 Å². The average molecular weight is 259 g/mol. The minimum absolute atomic E-state index is 0. The van der Waals surface area contributed by atoms with Crippen molar-refractivity contribution in [2.45, 2.75) is 13.0 Å². The van der Waals surface area contributed by atoms with Crippen molar-refractivity contribution >= 4 is 24.0 Å². The molecule has 1 aromatic carbocycles. The standard InChI is InChI=1S/C11H14N2O3.ClH/c1-7(12)11(14)13-8-3-2-4-9-10(8)16-6-5-15-9;/h2-4,7H,5-6,12H2,1H3,(H,13,14);1H/t7-;/m1./s1. The van der Waals surface area contributed by atoms with Crippen molar-refractivity contribution in [3.63, 3.8) is 0 Å². The maximum Gasteiger partial charge on any atom is 0.241 e. The highest BCUT2D eigenvalue weighted by Gasteiger charge is 2.17. The van der Waals surface area contributed by atoms with Gasteiger partial charge < -0.3 is 20.5 Å². The summed E-state index contributed by atoms with van der Waals surface area (Å²) >= 11 is 0. The van der Waals surface area contributed by atoms with Crippen LogP contribution in [0.1, 0.15) is 6.92 Å². The van der Waals surface area contributed by atoms with E-state index in [1.54, 1.807) is 25.1 Å². The molecule has 1 heterocycles. The van der Waals surface area contributed by atoms with Crippen LogP contribution in [0.5, 0.6) is 11.5 Å². The average Bonchev–Trinajstić information content (AvgIpc) is 2.29. The number of hydrogen-bond donors (Lipinski definition) is 2. The number of anilines is 1. The van der Waals surface area contributed by atoms with Crippen molar-refractivity contribution in [1.29, 1.82) is 0 Å². The van der Waals surface area contributed by atoms with Crippen LogP contribution < -0.4 is 20.5 Å². The molecule has 17 heavy (non-hydrogen) atoms. The highest BCUT2D eigenvalue weighted by Crippen LogP contribution is 2.37. The summed E-state index contributed by atoms with van der Waals surface area (Å²) in [6, 6.07) is 4.80. The predicted octanol–water partition coefficient (Wildman–Crippen LogP) is 1.17. The summed E-state index contributed by atoms with van der Waals surface area (Å²) in [6.07, 6.45) is 0. The molecule has 1 amide bonds. The molecule has 0 saturated carbocycles. The Morgan fingerprint density at radius 3 is 2.82 bits per heavy atom. The number of nitrogens with two attached hydrogens (primary N) is 1. The Balaban J connectivity index is 0.00000144. The lowest BCUT2D eigenvalue weighted by Gasteiger charge is -2.21. The third kappa shape index (κ3) is 3.01. The van der Waals surface area contributed by atoms with E-state index in [0.717, 1.165) is 0 Å². The molecule has 0 saturated heterocycles. The van der Waals surface area contributed by atoms with Crippen LogP contribution in [-0.2, 0) is 4.79 Å². The summed E-state index contributed by atoms with van der Waals surface area (Å²) in [4.78, 5) is 11.5. The molecule has 94 valence electrons. The van der Waals surface area contributed by atoms with Gasteiger partial charge in [0, 0.05) is 0 Å². The van der Waals surface area contributed by atoms with Crippen LogP contribution in [-0.4, -0.2) is 25.2 Å². The fourth-order valence-electron chi connectivity index (χ4n) is 1.42. The van der Waals surface area contributed by atoms with Crippen molar-refractivity contribution in [3.8, 4) is 11.5 Å². The number of rotatable bonds is 2. The first kappa shape index (κ1) is 13.6. The van der Waals surface area contributed by atoms with Gasteiger partial charge in [-0.3, -0.25) is 4.79 Å². The number of ether oxygens (including phenoxy) is 2. The van der Waals surface area contributed by atoms with Crippen molar-refractivity contribution in [2.75, 3.05) is 18.5 Å². The first-order valence-corrected chi connectivity index (χ1v) is 5.13. The number of halogens is 1. The summed E-state index contributed by atoms with van der Waals surface area (Å²) < 4.78 is 10.9. The van der Waals surface area contributed by atoms with Crippen molar-refractivity contribution in [3.05, 3.63) is 18.2 Å². The molecule has 1 atom stereocenters. The molecule has 1 aliphatic heterocycles. The summed E-state index contributed by atoms with van der Waals surface area (Å²) in [5.74, 6) is 0.971.